The molecule has 0 spiro atoms. The number of aryl methyl sites for hydroxylation is 1. The molecule has 1 unspecified atom stereocenters. The largest absolute Gasteiger partial charge is 0.384 e. The number of nitrogens with one attached hydrogen (secondary N) is 2. The molecule has 1 saturated heterocycles. The number of rotatable bonds is 7. The van der Waals surface area contributed by atoms with E-state index in [1.807, 2.05) is 30.9 Å². The van der Waals surface area contributed by atoms with Crippen LogP contribution in [0.3, 0.4) is 0 Å². The van der Waals surface area contributed by atoms with Gasteiger partial charge in [-0.25, -0.2) is 4.98 Å². The predicted octanol–water partition coefficient (Wildman–Crippen LogP) is 2.17. The zero-order valence-electron chi connectivity index (χ0n) is 19.4. The Bertz CT molecular complexity index is 1090. The summed E-state index contributed by atoms with van der Waals surface area (Å²) in [4.78, 5) is 48.3. The molecule has 2 aromatic heterocycles. The number of methoxy groups -OCH3 is 1. The third kappa shape index (κ3) is 5.42. The molecule has 2 amide bonds. The Morgan fingerprint density at radius 1 is 1.24 bits per heavy atom. The second kappa shape index (κ2) is 9.74. The number of carbonyl (C=O) groups excluding carboxylic acids is 2. The second-order valence-electron chi connectivity index (χ2n) is 8.89. The van der Waals surface area contributed by atoms with Crippen molar-refractivity contribution in [1.29, 1.82) is 0 Å². The van der Waals surface area contributed by atoms with E-state index in [1.165, 1.54) is 0 Å². The van der Waals surface area contributed by atoms with Gasteiger partial charge >= 0.3 is 0 Å². The molecular weight excluding hydrogens is 422 g/mol. The lowest BCUT2D eigenvalue weighted by atomic mass is 10.0. The van der Waals surface area contributed by atoms with E-state index in [9.17, 15) is 14.4 Å². The number of aromatic amines is 1. The van der Waals surface area contributed by atoms with Gasteiger partial charge in [-0.2, -0.15) is 0 Å². The third-order valence-corrected chi connectivity index (χ3v) is 6.25. The minimum Gasteiger partial charge on any atom is -0.384 e. The fourth-order valence-electron chi connectivity index (χ4n) is 4.21. The Hall–Kier alpha value is -3.20. The quantitative estimate of drug-likeness (QED) is 0.665. The van der Waals surface area contributed by atoms with Crippen molar-refractivity contribution < 1.29 is 14.3 Å². The third-order valence-electron chi connectivity index (χ3n) is 6.25. The first-order valence-corrected chi connectivity index (χ1v) is 11.4. The SMILES string of the molecule is COCCC(=O)N1CCN(c2cc(-c3cc(NC(=O)C4CC4)ncc3C)cc(=O)[nH]2)C(C)C1. The van der Waals surface area contributed by atoms with Gasteiger partial charge in [-0.3, -0.25) is 14.4 Å². The molecule has 2 fully saturated rings. The van der Waals surface area contributed by atoms with Crippen molar-refractivity contribution in [3.63, 3.8) is 0 Å². The van der Waals surface area contributed by atoms with Crippen LogP contribution in [0.5, 0.6) is 0 Å². The maximum Gasteiger partial charge on any atom is 0.250 e. The Morgan fingerprint density at radius 3 is 2.73 bits per heavy atom. The monoisotopic (exact) mass is 453 g/mol. The lowest BCUT2D eigenvalue weighted by Crippen LogP contribution is -2.54. The molecule has 1 aliphatic carbocycles. The molecule has 2 aliphatic rings. The number of amides is 2. The number of carbonyl (C=O) groups is 2. The summed E-state index contributed by atoms with van der Waals surface area (Å²) in [7, 11) is 1.59. The summed E-state index contributed by atoms with van der Waals surface area (Å²) in [5.74, 6) is 1.37. The molecular formula is C24H31N5O4. The van der Waals surface area contributed by atoms with Gasteiger partial charge in [0.1, 0.15) is 11.6 Å². The molecule has 0 aromatic carbocycles. The number of hydrogen-bond donors (Lipinski definition) is 2. The average Bonchev–Trinajstić information content (AvgIpc) is 3.64. The van der Waals surface area contributed by atoms with E-state index in [0.29, 0.717) is 44.3 Å². The zero-order chi connectivity index (χ0) is 23.5. The van der Waals surface area contributed by atoms with Crippen LogP contribution in [0.25, 0.3) is 11.1 Å². The molecule has 0 radical (unpaired) electrons. The summed E-state index contributed by atoms with van der Waals surface area (Å²) in [6.07, 6.45) is 3.93. The molecule has 2 N–H and O–H groups in total. The Kier molecular flexibility index (Phi) is 6.78. The number of piperazine rings is 1. The normalized spacial score (nSPS) is 18.3. The Morgan fingerprint density at radius 2 is 2.03 bits per heavy atom. The summed E-state index contributed by atoms with van der Waals surface area (Å²) in [5, 5.41) is 2.88. The predicted molar refractivity (Wildman–Crippen MR) is 126 cm³/mol. The number of ether oxygens (including phenoxy) is 1. The molecule has 3 heterocycles. The maximum absolute atomic E-state index is 12.6. The first-order valence-electron chi connectivity index (χ1n) is 11.4. The number of pyridine rings is 2. The molecule has 33 heavy (non-hydrogen) atoms. The van der Waals surface area contributed by atoms with Crippen molar-refractivity contribution in [2.75, 3.05) is 43.6 Å². The van der Waals surface area contributed by atoms with Gasteiger partial charge in [0.15, 0.2) is 0 Å². The molecule has 0 bridgehead atoms. The van der Waals surface area contributed by atoms with Crippen LogP contribution in [-0.4, -0.2) is 66.1 Å². The standard InChI is InChI=1S/C24H31N5O4/c1-15-13-25-20(26-24(32)17-4-5-17)12-19(15)18-10-21(27-22(30)11-18)29-8-7-28(14-16(29)2)23(31)6-9-33-3/h10-13,16-17H,4-9,14H2,1-3H3,(H,27,30)(H,25,26,32). The molecule has 9 nitrogen and oxygen atoms in total. The summed E-state index contributed by atoms with van der Waals surface area (Å²) in [5.41, 5.74) is 2.33. The zero-order valence-corrected chi connectivity index (χ0v) is 19.4. The van der Waals surface area contributed by atoms with Gasteiger partial charge in [-0.05, 0) is 55.5 Å². The Labute approximate surface area is 193 Å². The number of aromatic nitrogens is 2. The molecule has 4 rings (SSSR count). The highest BCUT2D eigenvalue weighted by Crippen LogP contribution is 2.31. The molecule has 1 saturated carbocycles. The Balaban J connectivity index is 1.54. The van der Waals surface area contributed by atoms with Crippen LogP contribution in [0.1, 0.15) is 31.7 Å². The molecule has 2 aromatic rings. The van der Waals surface area contributed by atoms with Gasteiger partial charge in [-0.15, -0.1) is 0 Å². The van der Waals surface area contributed by atoms with Crippen molar-refractivity contribution in [3.05, 3.63) is 40.3 Å². The highest BCUT2D eigenvalue weighted by molar-refractivity contribution is 5.93. The highest BCUT2D eigenvalue weighted by Gasteiger charge is 2.30. The van der Waals surface area contributed by atoms with E-state index >= 15 is 0 Å². The van der Waals surface area contributed by atoms with E-state index in [-0.39, 0.29) is 29.3 Å². The summed E-state index contributed by atoms with van der Waals surface area (Å²) in [6, 6.07) is 5.38. The lowest BCUT2D eigenvalue weighted by Gasteiger charge is -2.41. The van der Waals surface area contributed by atoms with Crippen molar-refractivity contribution in [2.24, 2.45) is 5.92 Å². The van der Waals surface area contributed by atoms with Crippen LogP contribution in [0.4, 0.5) is 11.6 Å². The summed E-state index contributed by atoms with van der Waals surface area (Å²) < 4.78 is 5.02. The molecule has 1 atom stereocenters. The van der Waals surface area contributed by atoms with Gasteiger partial charge < -0.3 is 24.8 Å². The van der Waals surface area contributed by atoms with Crippen LogP contribution < -0.4 is 15.8 Å². The molecule has 176 valence electrons. The maximum atomic E-state index is 12.6. The van der Waals surface area contributed by atoms with Crippen LogP contribution in [0.15, 0.2) is 29.2 Å². The second-order valence-corrected chi connectivity index (χ2v) is 8.89. The van der Waals surface area contributed by atoms with Crippen LogP contribution >= 0.6 is 0 Å². The van der Waals surface area contributed by atoms with Crippen molar-refractivity contribution in [2.45, 2.75) is 39.2 Å². The van der Waals surface area contributed by atoms with Crippen LogP contribution in [-0.2, 0) is 14.3 Å². The number of H-pyrrole nitrogens is 1. The number of nitrogens with zero attached hydrogens (tertiary/aromatic N) is 3. The van der Waals surface area contributed by atoms with Gasteiger partial charge in [-0.1, -0.05) is 0 Å². The van der Waals surface area contributed by atoms with Crippen LogP contribution in [0.2, 0.25) is 0 Å². The topological polar surface area (TPSA) is 108 Å². The van der Waals surface area contributed by atoms with Crippen LogP contribution in [0, 0.1) is 12.8 Å². The molecule has 1 aliphatic heterocycles. The van der Waals surface area contributed by atoms with E-state index in [0.717, 1.165) is 29.5 Å². The first kappa shape index (κ1) is 23.0. The van der Waals surface area contributed by atoms with Gasteiger partial charge in [0.25, 0.3) is 0 Å². The van der Waals surface area contributed by atoms with Crippen molar-refractivity contribution >= 4 is 23.5 Å². The fourth-order valence-corrected chi connectivity index (χ4v) is 4.21. The van der Waals surface area contributed by atoms with E-state index in [4.69, 9.17) is 4.74 Å². The van der Waals surface area contributed by atoms with E-state index < -0.39 is 0 Å². The van der Waals surface area contributed by atoms with E-state index in [2.05, 4.69) is 20.2 Å². The van der Waals surface area contributed by atoms with Gasteiger partial charge in [0.2, 0.25) is 17.4 Å². The first-order chi connectivity index (χ1) is 15.9. The lowest BCUT2D eigenvalue weighted by molar-refractivity contribution is -0.132. The summed E-state index contributed by atoms with van der Waals surface area (Å²) >= 11 is 0. The van der Waals surface area contributed by atoms with Gasteiger partial charge in [0.05, 0.1) is 13.0 Å². The van der Waals surface area contributed by atoms with Gasteiger partial charge in [0, 0.05) is 51.0 Å². The molecule has 9 heteroatoms. The summed E-state index contributed by atoms with van der Waals surface area (Å²) in [6.45, 7) is 6.19. The van der Waals surface area contributed by atoms with Crippen molar-refractivity contribution in [1.82, 2.24) is 14.9 Å². The fraction of sp³-hybridized carbons (Fsp3) is 0.500. The van der Waals surface area contributed by atoms with E-state index in [1.54, 1.807) is 19.4 Å². The van der Waals surface area contributed by atoms with Crippen molar-refractivity contribution in [3.8, 4) is 11.1 Å². The highest BCUT2D eigenvalue weighted by atomic mass is 16.5. The number of anilines is 2. The smallest absolute Gasteiger partial charge is 0.250 e. The minimum absolute atomic E-state index is 0.00403. The average molecular weight is 454 g/mol. The minimum atomic E-state index is -0.201. The number of hydrogen-bond acceptors (Lipinski definition) is 6.